The van der Waals surface area contributed by atoms with Crippen molar-refractivity contribution < 1.29 is 9.53 Å². The Morgan fingerprint density at radius 2 is 1.64 bits per heavy atom. The minimum Gasteiger partial charge on any atom is -0.465 e. The first kappa shape index (κ1) is 10.0. The Hall–Kier alpha value is -0.530. The van der Waals surface area contributed by atoms with Gasteiger partial charge in [0.15, 0.2) is 0 Å². The predicted octanol–water partition coefficient (Wildman–Crippen LogP) is 2.91. The average molecular weight is 196 g/mol. The van der Waals surface area contributed by atoms with Crippen molar-refractivity contribution in [3.8, 4) is 0 Å². The molecule has 80 valence electrons. The minimum absolute atomic E-state index is 0.0920. The van der Waals surface area contributed by atoms with Crippen molar-refractivity contribution in [2.75, 3.05) is 6.61 Å². The number of carbonyl (C=O) groups excluding carboxylic acids is 1. The third kappa shape index (κ3) is 2.28. The van der Waals surface area contributed by atoms with Crippen molar-refractivity contribution in [3.63, 3.8) is 0 Å². The fraction of sp³-hybridized carbons (Fsp3) is 0.917. The number of carbonyl (C=O) groups is 1. The Morgan fingerprint density at radius 1 is 0.929 bits per heavy atom. The van der Waals surface area contributed by atoms with Gasteiger partial charge in [0.05, 0.1) is 12.5 Å². The van der Waals surface area contributed by atoms with Crippen LogP contribution in [0.1, 0.15) is 51.4 Å². The smallest absolute Gasteiger partial charge is 0.309 e. The van der Waals surface area contributed by atoms with Crippen LogP contribution in [0.3, 0.4) is 0 Å². The summed E-state index contributed by atoms with van der Waals surface area (Å²) in [5.41, 5.74) is 0. The molecule has 0 N–H and O–H groups in total. The summed E-state index contributed by atoms with van der Waals surface area (Å²) in [6.07, 6.45) is 9.80. The topological polar surface area (TPSA) is 26.3 Å². The summed E-state index contributed by atoms with van der Waals surface area (Å²) in [4.78, 5) is 11.7. The standard InChI is InChI=1S/C12H20O2/c13-12-11(8-4-5-9-14-12)10-6-2-1-3-7-10/h10-11H,1-9H2. The number of rotatable bonds is 1. The van der Waals surface area contributed by atoms with Gasteiger partial charge in [-0.25, -0.2) is 0 Å². The molecule has 0 amide bonds. The van der Waals surface area contributed by atoms with Crippen LogP contribution in [0.5, 0.6) is 0 Å². The molecule has 2 aliphatic rings. The molecule has 1 aliphatic carbocycles. The summed E-state index contributed by atoms with van der Waals surface area (Å²) in [7, 11) is 0. The van der Waals surface area contributed by atoms with Crippen LogP contribution in [-0.2, 0) is 9.53 Å². The largest absolute Gasteiger partial charge is 0.465 e. The fourth-order valence-electron chi connectivity index (χ4n) is 2.83. The summed E-state index contributed by atoms with van der Waals surface area (Å²) < 4.78 is 5.23. The Bertz CT molecular complexity index is 194. The van der Waals surface area contributed by atoms with E-state index in [1.807, 2.05) is 0 Å². The molecule has 2 heteroatoms. The van der Waals surface area contributed by atoms with Crippen LogP contribution in [0, 0.1) is 11.8 Å². The molecule has 1 saturated heterocycles. The average Bonchev–Trinajstić information content (AvgIpc) is 2.44. The molecular weight excluding hydrogens is 176 g/mol. The molecule has 14 heavy (non-hydrogen) atoms. The number of esters is 1. The van der Waals surface area contributed by atoms with E-state index in [1.54, 1.807) is 0 Å². The van der Waals surface area contributed by atoms with E-state index in [-0.39, 0.29) is 11.9 Å². The number of ether oxygens (including phenoxy) is 1. The molecular formula is C12H20O2. The molecule has 2 nitrogen and oxygen atoms in total. The van der Waals surface area contributed by atoms with Crippen LogP contribution in [0.4, 0.5) is 0 Å². The first-order valence-electron chi connectivity index (χ1n) is 6.04. The molecule has 0 spiro atoms. The Morgan fingerprint density at radius 3 is 2.43 bits per heavy atom. The third-order valence-electron chi connectivity index (χ3n) is 3.68. The lowest BCUT2D eigenvalue weighted by Gasteiger charge is -2.27. The van der Waals surface area contributed by atoms with Gasteiger partial charge in [-0.15, -0.1) is 0 Å². The molecule has 0 aromatic rings. The molecule has 0 bridgehead atoms. The van der Waals surface area contributed by atoms with E-state index in [0.717, 1.165) is 12.8 Å². The molecule has 1 unspecified atom stereocenters. The molecule has 0 radical (unpaired) electrons. The summed E-state index contributed by atoms with van der Waals surface area (Å²) in [5, 5.41) is 0. The zero-order valence-corrected chi connectivity index (χ0v) is 8.84. The Balaban J connectivity index is 1.95. The van der Waals surface area contributed by atoms with Crippen molar-refractivity contribution in [2.45, 2.75) is 51.4 Å². The van der Waals surface area contributed by atoms with E-state index >= 15 is 0 Å². The van der Waals surface area contributed by atoms with Crippen molar-refractivity contribution in [1.82, 2.24) is 0 Å². The predicted molar refractivity (Wildman–Crippen MR) is 54.9 cm³/mol. The van der Waals surface area contributed by atoms with Crippen molar-refractivity contribution in [1.29, 1.82) is 0 Å². The molecule has 0 aromatic heterocycles. The third-order valence-corrected chi connectivity index (χ3v) is 3.68. The van der Waals surface area contributed by atoms with E-state index in [4.69, 9.17) is 4.74 Å². The lowest BCUT2D eigenvalue weighted by molar-refractivity contribution is -0.149. The van der Waals surface area contributed by atoms with Crippen LogP contribution in [0.2, 0.25) is 0 Å². The highest BCUT2D eigenvalue weighted by Gasteiger charge is 2.31. The van der Waals surface area contributed by atoms with Crippen LogP contribution >= 0.6 is 0 Å². The SMILES string of the molecule is O=C1OCCCCC1C1CCCCC1. The summed E-state index contributed by atoms with van der Waals surface area (Å²) in [6.45, 7) is 0.655. The van der Waals surface area contributed by atoms with Crippen LogP contribution in [-0.4, -0.2) is 12.6 Å². The first-order valence-corrected chi connectivity index (χ1v) is 6.04. The Kier molecular flexibility index (Phi) is 3.44. The second-order valence-corrected chi connectivity index (χ2v) is 4.67. The van der Waals surface area contributed by atoms with Gasteiger partial charge in [0, 0.05) is 0 Å². The second-order valence-electron chi connectivity index (χ2n) is 4.67. The molecule has 2 rings (SSSR count). The van der Waals surface area contributed by atoms with E-state index in [1.165, 1.54) is 38.5 Å². The molecule has 1 atom stereocenters. The van der Waals surface area contributed by atoms with Gasteiger partial charge in [-0.1, -0.05) is 19.3 Å². The second kappa shape index (κ2) is 4.81. The number of hydrogen-bond acceptors (Lipinski definition) is 2. The molecule has 1 saturated carbocycles. The lowest BCUT2D eigenvalue weighted by atomic mass is 9.78. The summed E-state index contributed by atoms with van der Waals surface area (Å²) in [6, 6.07) is 0. The van der Waals surface area contributed by atoms with Gasteiger partial charge in [-0.2, -0.15) is 0 Å². The van der Waals surface area contributed by atoms with Crippen LogP contribution < -0.4 is 0 Å². The summed E-state index contributed by atoms with van der Waals surface area (Å²) in [5.74, 6) is 0.960. The highest BCUT2D eigenvalue weighted by molar-refractivity contribution is 5.73. The van der Waals surface area contributed by atoms with Gasteiger partial charge in [0.2, 0.25) is 0 Å². The van der Waals surface area contributed by atoms with Gasteiger partial charge in [0.1, 0.15) is 0 Å². The number of cyclic esters (lactones) is 1. The van der Waals surface area contributed by atoms with E-state index in [2.05, 4.69) is 0 Å². The van der Waals surface area contributed by atoms with Crippen LogP contribution in [0.15, 0.2) is 0 Å². The molecule has 1 heterocycles. The van der Waals surface area contributed by atoms with Gasteiger partial charge in [0.25, 0.3) is 0 Å². The van der Waals surface area contributed by atoms with Crippen molar-refractivity contribution in [3.05, 3.63) is 0 Å². The van der Waals surface area contributed by atoms with E-state index < -0.39 is 0 Å². The summed E-state index contributed by atoms with van der Waals surface area (Å²) >= 11 is 0. The van der Waals surface area contributed by atoms with Crippen molar-refractivity contribution in [2.24, 2.45) is 11.8 Å². The highest BCUT2D eigenvalue weighted by atomic mass is 16.5. The van der Waals surface area contributed by atoms with Gasteiger partial charge < -0.3 is 4.74 Å². The van der Waals surface area contributed by atoms with Gasteiger partial charge >= 0.3 is 5.97 Å². The minimum atomic E-state index is 0.0920. The van der Waals surface area contributed by atoms with Crippen molar-refractivity contribution >= 4 is 5.97 Å². The maximum absolute atomic E-state index is 11.7. The van der Waals surface area contributed by atoms with Gasteiger partial charge in [-0.05, 0) is 38.0 Å². The zero-order valence-electron chi connectivity index (χ0n) is 8.84. The van der Waals surface area contributed by atoms with E-state index in [9.17, 15) is 4.79 Å². The zero-order chi connectivity index (χ0) is 9.80. The lowest BCUT2D eigenvalue weighted by Crippen LogP contribution is -2.26. The first-order chi connectivity index (χ1) is 6.88. The quantitative estimate of drug-likeness (QED) is 0.603. The van der Waals surface area contributed by atoms with Crippen LogP contribution in [0.25, 0.3) is 0 Å². The molecule has 1 aliphatic heterocycles. The normalized spacial score (nSPS) is 30.9. The molecule has 2 fully saturated rings. The number of hydrogen-bond donors (Lipinski definition) is 0. The van der Waals surface area contributed by atoms with Gasteiger partial charge in [-0.3, -0.25) is 4.79 Å². The fourth-order valence-corrected chi connectivity index (χ4v) is 2.83. The highest BCUT2D eigenvalue weighted by Crippen LogP contribution is 2.34. The molecule has 0 aromatic carbocycles. The maximum Gasteiger partial charge on any atom is 0.309 e. The Labute approximate surface area is 86.0 Å². The van der Waals surface area contributed by atoms with E-state index in [0.29, 0.717) is 12.5 Å². The monoisotopic (exact) mass is 196 g/mol. The maximum atomic E-state index is 11.7.